The topological polar surface area (TPSA) is 79.5 Å². The standard InChI is InChI=1S/C13H16N4O2/c18-11(9-13(19)6-2-3-7-13)14-12-16-15-10-5-1-4-8-17(10)12/h1,4-5,8,19H,2-3,6-7,9H2,(H,14,16,18). The highest BCUT2D eigenvalue weighted by Gasteiger charge is 2.33. The molecule has 1 amide bonds. The highest BCUT2D eigenvalue weighted by molar-refractivity contribution is 5.90. The molecule has 2 aromatic heterocycles. The first-order valence-corrected chi connectivity index (χ1v) is 6.48. The normalized spacial score (nSPS) is 17.7. The number of fused-ring (bicyclic) bond motifs is 1. The summed E-state index contributed by atoms with van der Waals surface area (Å²) in [6.07, 6.45) is 5.27. The molecule has 1 fully saturated rings. The minimum Gasteiger partial charge on any atom is -0.389 e. The van der Waals surface area contributed by atoms with E-state index < -0.39 is 5.60 Å². The molecule has 6 heteroatoms. The predicted molar refractivity (Wildman–Crippen MR) is 69.7 cm³/mol. The van der Waals surface area contributed by atoms with Crippen molar-refractivity contribution in [2.75, 3.05) is 5.32 Å². The maximum Gasteiger partial charge on any atom is 0.235 e. The van der Waals surface area contributed by atoms with Gasteiger partial charge < -0.3 is 5.11 Å². The lowest BCUT2D eigenvalue weighted by Crippen LogP contribution is -2.31. The van der Waals surface area contributed by atoms with Crippen LogP contribution in [0.1, 0.15) is 32.1 Å². The van der Waals surface area contributed by atoms with Gasteiger partial charge in [-0.25, -0.2) is 0 Å². The van der Waals surface area contributed by atoms with E-state index in [4.69, 9.17) is 0 Å². The molecular weight excluding hydrogens is 244 g/mol. The predicted octanol–water partition coefficient (Wildman–Crippen LogP) is 1.36. The van der Waals surface area contributed by atoms with Crippen molar-refractivity contribution >= 4 is 17.5 Å². The number of anilines is 1. The molecule has 0 aromatic carbocycles. The summed E-state index contributed by atoms with van der Waals surface area (Å²) >= 11 is 0. The van der Waals surface area contributed by atoms with Crippen molar-refractivity contribution in [2.45, 2.75) is 37.7 Å². The largest absolute Gasteiger partial charge is 0.389 e. The number of rotatable bonds is 3. The number of hydrogen-bond acceptors (Lipinski definition) is 4. The highest BCUT2D eigenvalue weighted by atomic mass is 16.3. The van der Waals surface area contributed by atoms with Crippen molar-refractivity contribution in [1.29, 1.82) is 0 Å². The first-order valence-electron chi connectivity index (χ1n) is 6.48. The number of carbonyl (C=O) groups is 1. The van der Waals surface area contributed by atoms with Gasteiger partial charge in [0.05, 0.1) is 12.0 Å². The average molecular weight is 260 g/mol. The van der Waals surface area contributed by atoms with Crippen molar-refractivity contribution in [1.82, 2.24) is 14.6 Å². The van der Waals surface area contributed by atoms with Crippen molar-refractivity contribution in [3.05, 3.63) is 24.4 Å². The molecule has 0 unspecified atom stereocenters. The van der Waals surface area contributed by atoms with Crippen LogP contribution in [0.25, 0.3) is 5.65 Å². The number of amides is 1. The maximum atomic E-state index is 12.0. The molecule has 2 N–H and O–H groups in total. The lowest BCUT2D eigenvalue weighted by Gasteiger charge is -2.20. The molecule has 100 valence electrons. The SMILES string of the molecule is O=C(CC1(O)CCCC1)Nc1nnc2ccccn12. The second-order valence-electron chi connectivity index (χ2n) is 5.11. The van der Waals surface area contributed by atoms with Gasteiger partial charge in [-0.2, -0.15) is 0 Å². The quantitative estimate of drug-likeness (QED) is 0.873. The summed E-state index contributed by atoms with van der Waals surface area (Å²) in [5.41, 5.74) is -0.165. The van der Waals surface area contributed by atoms with E-state index in [1.165, 1.54) is 0 Å². The zero-order chi connectivity index (χ0) is 13.3. The number of nitrogens with zero attached hydrogens (tertiary/aromatic N) is 3. The van der Waals surface area contributed by atoms with E-state index in [0.717, 1.165) is 12.8 Å². The summed E-state index contributed by atoms with van der Waals surface area (Å²) in [6.45, 7) is 0. The molecule has 1 aliphatic carbocycles. The van der Waals surface area contributed by atoms with Crippen LogP contribution in [-0.2, 0) is 4.79 Å². The van der Waals surface area contributed by atoms with Crippen LogP contribution in [0.15, 0.2) is 24.4 Å². The zero-order valence-corrected chi connectivity index (χ0v) is 10.5. The molecule has 0 aliphatic heterocycles. The molecule has 0 bridgehead atoms. The average Bonchev–Trinajstić information content (AvgIpc) is 2.97. The molecule has 1 saturated carbocycles. The summed E-state index contributed by atoms with van der Waals surface area (Å²) in [5, 5.41) is 20.8. The van der Waals surface area contributed by atoms with Gasteiger partial charge in [0.25, 0.3) is 0 Å². The van der Waals surface area contributed by atoms with Crippen LogP contribution >= 0.6 is 0 Å². The molecule has 19 heavy (non-hydrogen) atoms. The van der Waals surface area contributed by atoms with Crippen LogP contribution in [0.3, 0.4) is 0 Å². The third-order valence-corrected chi connectivity index (χ3v) is 3.59. The van der Waals surface area contributed by atoms with E-state index in [1.807, 2.05) is 18.2 Å². The fourth-order valence-electron chi connectivity index (χ4n) is 2.60. The number of carbonyl (C=O) groups excluding carboxylic acids is 1. The summed E-state index contributed by atoms with van der Waals surface area (Å²) in [6, 6.07) is 5.51. The van der Waals surface area contributed by atoms with Gasteiger partial charge in [0.15, 0.2) is 5.65 Å². The molecule has 2 aromatic rings. The summed E-state index contributed by atoms with van der Waals surface area (Å²) in [7, 11) is 0. The minimum absolute atomic E-state index is 0.120. The molecule has 2 heterocycles. The molecule has 0 atom stereocenters. The van der Waals surface area contributed by atoms with Crippen molar-refractivity contribution in [3.8, 4) is 0 Å². The summed E-state index contributed by atoms with van der Waals surface area (Å²) in [4.78, 5) is 12.0. The van der Waals surface area contributed by atoms with Crippen LogP contribution in [0.4, 0.5) is 5.95 Å². The monoisotopic (exact) mass is 260 g/mol. The van der Waals surface area contributed by atoms with Crippen molar-refractivity contribution in [3.63, 3.8) is 0 Å². The first kappa shape index (κ1) is 12.1. The van der Waals surface area contributed by atoms with E-state index in [1.54, 1.807) is 10.6 Å². The Hall–Kier alpha value is -1.95. The Morgan fingerprint density at radius 2 is 2.16 bits per heavy atom. The van der Waals surface area contributed by atoms with E-state index in [-0.39, 0.29) is 12.3 Å². The lowest BCUT2D eigenvalue weighted by atomic mass is 9.98. The zero-order valence-electron chi connectivity index (χ0n) is 10.5. The summed E-state index contributed by atoms with van der Waals surface area (Å²) < 4.78 is 1.70. The Morgan fingerprint density at radius 3 is 2.95 bits per heavy atom. The Bertz CT molecular complexity index is 601. The third-order valence-electron chi connectivity index (χ3n) is 3.59. The van der Waals surface area contributed by atoms with Crippen LogP contribution in [0.2, 0.25) is 0 Å². The lowest BCUT2D eigenvalue weighted by molar-refractivity contribution is -0.120. The molecule has 6 nitrogen and oxygen atoms in total. The van der Waals surface area contributed by atoms with Gasteiger partial charge >= 0.3 is 0 Å². The summed E-state index contributed by atoms with van der Waals surface area (Å²) in [5.74, 6) is 0.171. The first-order chi connectivity index (χ1) is 9.16. The Labute approximate surface area is 110 Å². The van der Waals surface area contributed by atoms with Gasteiger partial charge in [0.1, 0.15) is 0 Å². The fraction of sp³-hybridized carbons (Fsp3) is 0.462. The molecule has 0 radical (unpaired) electrons. The number of hydrogen-bond donors (Lipinski definition) is 2. The van der Waals surface area contributed by atoms with Crippen LogP contribution in [0, 0.1) is 0 Å². The van der Waals surface area contributed by atoms with Crippen molar-refractivity contribution < 1.29 is 9.90 Å². The van der Waals surface area contributed by atoms with Gasteiger partial charge in [-0.05, 0) is 25.0 Å². The van der Waals surface area contributed by atoms with Crippen molar-refractivity contribution in [2.24, 2.45) is 0 Å². The Morgan fingerprint density at radius 1 is 1.37 bits per heavy atom. The Balaban J connectivity index is 1.72. The number of aromatic nitrogens is 3. The van der Waals surface area contributed by atoms with Gasteiger partial charge in [-0.1, -0.05) is 18.9 Å². The number of nitrogens with one attached hydrogen (secondary N) is 1. The molecule has 1 aliphatic rings. The number of pyridine rings is 1. The van der Waals surface area contributed by atoms with Crippen LogP contribution < -0.4 is 5.32 Å². The van der Waals surface area contributed by atoms with Gasteiger partial charge in [0.2, 0.25) is 11.9 Å². The van der Waals surface area contributed by atoms with Crippen LogP contribution in [-0.4, -0.2) is 31.2 Å². The maximum absolute atomic E-state index is 12.0. The van der Waals surface area contributed by atoms with Crippen LogP contribution in [0.5, 0.6) is 0 Å². The second-order valence-corrected chi connectivity index (χ2v) is 5.11. The van der Waals surface area contributed by atoms with Gasteiger partial charge in [-0.15, -0.1) is 10.2 Å². The van der Waals surface area contributed by atoms with E-state index in [0.29, 0.717) is 24.4 Å². The van der Waals surface area contributed by atoms with E-state index in [9.17, 15) is 9.90 Å². The molecule has 3 rings (SSSR count). The second kappa shape index (κ2) is 4.62. The smallest absolute Gasteiger partial charge is 0.235 e. The molecular formula is C13H16N4O2. The third kappa shape index (κ3) is 2.44. The van der Waals surface area contributed by atoms with E-state index in [2.05, 4.69) is 15.5 Å². The minimum atomic E-state index is -0.843. The highest BCUT2D eigenvalue weighted by Crippen LogP contribution is 2.32. The molecule has 0 saturated heterocycles. The van der Waals surface area contributed by atoms with Gasteiger partial charge in [0, 0.05) is 6.20 Å². The Kier molecular flexibility index (Phi) is 2.94. The fourth-order valence-corrected chi connectivity index (χ4v) is 2.60. The van der Waals surface area contributed by atoms with E-state index >= 15 is 0 Å². The van der Waals surface area contributed by atoms with Gasteiger partial charge in [-0.3, -0.25) is 14.5 Å². The number of aliphatic hydroxyl groups is 1. The molecule has 0 spiro atoms.